The molecule has 0 aromatic heterocycles. The number of hydrogen-bond acceptors (Lipinski definition) is 3. The molecule has 0 saturated heterocycles. The van der Waals surface area contributed by atoms with Gasteiger partial charge in [-0.25, -0.2) is 0 Å². The van der Waals surface area contributed by atoms with E-state index in [0.717, 1.165) is 12.7 Å². The van der Waals surface area contributed by atoms with Crippen molar-refractivity contribution in [1.29, 1.82) is 0 Å². The van der Waals surface area contributed by atoms with E-state index in [-0.39, 0.29) is 17.0 Å². The smallest absolute Gasteiger partial charge is 0.154 e. The summed E-state index contributed by atoms with van der Waals surface area (Å²) in [6, 6.07) is 3.31. The van der Waals surface area contributed by atoms with Gasteiger partial charge in [0.05, 0.1) is 11.3 Å². The Kier molecular flexibility index (Phi) is 2.38. The standard InChI is InChI=1S/C8H10BNO2/c1-9-6-2-5(4-11)8(12)7(10)3-6/h2-4,9,12H,10H2,1H3. The molecule has 4 heteroatoms. The normalized spacial score (nSPS) is 9.42. The molecule has 0 aliphatic rings. The first-order chi connectivity index (χ1) is 5.69. The highest BCUT2D eigenvalue weighted by molar-refractivity contribution is 6.52. The minimum atomic E-state index is -0.123. The Balaban J connectivity index is 3.28. The lowest BCUT2D eigenvalue weighted by Gasteiger charge is -2.03. The Hall–Kier alpha value is -1.45. The largest absolute Gasteiger partial charge is 0.505 e. The van der Waals surface area contributed by atoms with Gasteiger partial charge in [-0.1, -0.05) is 18.4 Å². The fourth-order valence-corrected chi connectivity index (χ4v) is 1.04. The first kappa shape index (κ1) is 8.65. The Bertz CT molecular complexity index is 312. The third-order valence-corrected chi connectivity index (χ3v) is 1.76. The molecule has 1 rings (SSSR count). The van der Waals surface area contributed by atoms with Crippen LogP contribution in [0.4, 0.5) is 5.69 Å². The number of hydrogen-bond donors (Lipinski definition) is 2. The van der Waals surface area contributed by atoms with Crippen LogP contribution >= 0.6 is 0 Å². The second-order valence-electron chi connectivity index (χ2n) is 2.59. The van der Waals surface area contributed by atoms with Crippen LogP contribution in [0.2, 0.25) is 6.82 Å². The van der Waals surface area contributed by atoms with Gasteiger partial charge in [-0.3, -0.25) is 4.79 Å². The average molecular weight is 163 g/mol. The molecule has 0 aliphatic heterocycles. The summed E-state index contributed by atoms with van der Waals surface area (Å²) in [7, 11) is 0.797. The van der Waals surface area contributed by atoms with E-state index in [0.29, 0.717) is 6.29 Å². The molecule has 0 unspecified atom stereocenters. The van der Waals surface area contributed by atoms with E-state index >= 15 is 0 Å². The second-order valence-corrected chi connectivity index (χ2v) is 2.59. The lowest BCUT2D eigenvalue weighted by atomic mass is 9.72. The van der Waals surface area contributed by atoms with E-state index in [1.807, 2.05) is 6.82 Å². The molecule has 3 nitrogen and oxygen atoms in total. The van der Waals surface area contributed by atoms with Gasteiger partial charge in [-0.15, -0.1) is 0 Å². The molecule has 0 saturated carbocycles. The van der Waals surface area contributed by atoms with Crippen LogP contribution in [0.3, 0.4) is 0 Å². The lowest BCUT2D eigenvalue weighted by Crippen LogP contribution is -2.12. The highest BCUT2D eigenvalue weighted by atomic mass is 16.3. The summed E-state index contributed by atoms with van der Waals surface area (Å²) in [4.78, 5) is 10.4. The van der Waals surface area contributed by atoms with Crippen molar-refractivity contribution in [2.75, 3.05) is 5.73 Å². The molecule has 0 amide bonds. The molecule has 62 valence electrons. The lowest BCUT2D eigenvalue weighted by molar-refractivity contribution is 0.112. The average Bonchev–Trinajstić information content (AvgIpc) is 2.09. The first-order valence-electron chi connectivity index (χ1n) is 3.75. The van der Waals surface area contributed by atoms with Gasteiger partial charge in [0, 0.05) is 0 Å². The summed E-state index contributed by atoms with van der Waals surface area (Å²) in [5.74, 6) is -0.123. The third-order valence-electron chi connectivity index (χ3n) is 1.76. The van der Waals surface area contributed by atoms with Gasteiger partial charge in [0.25, 0.3) is 0 Å². The topological polar surface area (TPSA) is 63.3 Å². The number of rotatable bonds is 2. The van der Waals surface area contributed by atoms with Crippen LogP contribution in [0, 0.1) is 0 Å². The summed E-state index contributed by atoms with van der Waals surface area (Å²) < 4.78 is 0. The van der Waals surface area contributed by atoms with Crippen molar-refractivity contribution in [3.8, 4) is 5.75 Å². The SMILES string of the molecule is CBc1cc(N)c(O)c(C=O)c1. The zero-order chi connectivity index (χ0) is 9.14. The number of anilines is 1. The molecular formula is C8H10BNO2. The maximum atomic E-state index is 10.4. The highest BCUT2D eigenvalue weighted by Gasteiger charge is 2.05. The molecule has 0 heterocycles. The van der Waals surface area contributed by atoms with Crippen LogP contribution in [0.15, 0.2) is 12.1 Å². The van der Waals surface area contributed by atoms with Crippen molar-refractivity contribution in [3.05, 3.63) is 17.7 Å². The predicted molar refractivity (Wildman–Crippen MR) is 50.6 cm³/mol. The summed E-state index contributed by atoms with van der Waals surface area (Å²) in [6.45, 7) is 1.96. The summed E-state index contributed by atoms with van der Waals surface area (Å²) in [6.07, 6.45) is 0.602. The quantitative estimate of drug-likeness (QED) is 0.277. The zero-order valence-electron chi connectivity index (χ0n) is 6.87. The number of aromatic hydroxyl groups is 1. The first-order valence-corrected chi connectivity index (χ1v) is 3.75. The number of carbonyl (C=O) groups is 1. The fourth-order valence-electron chi connectivity index (χ4n) is 1.04. The number of nitrogen functional groups attached to an aromatic ring is 1. The fraction of sp³-hybridized carbons (Fsp3) is 0.125. The molecule has 1 aromatic carbocycles. The molecule has 0 radical (unpaired) electrons. The van der Waals surface area contributed by atoms with Crippen LogP contribution in [-0.4, -0.2) is 18.7 Å². The van der Waals surface area contributed by atoms with Gasteiger partial charge in [-0.05, 0) is 6.07 Å². The highest BCUT2D eigenvalue weighted by Crippen LogP contribution is 2.21. The van der Waals surface area contributed by atoms with E-state index in [4.69, 9.17) is 5.73 Å². The van der Waals surface area contributed by atoms with Gasteiger partial charge < -0.3 is 10.8 Å². The van der Waals surface area contributed by atoms with Crippen LogP contribution in [0.5, 0.6) is 5.75 Å². The van der Waals surface area contributed by atoms with E-state index in [1.54, 1.807) is 12.1 Å². The van der Waals surface area contributed by atoms with Crippen molar-refractivity contribution < 1.29 is 9.90 Å². The Labute approximate surface area is 71.4 Å². The molecule has 1 aromatic rings. The zero-order valence-corrected chi connectivity index (χ0v) is 6.87. The van der Waals surface area contributed by atoms with Crippen molar-refractivity contribution >= 4 is 24.7 Å². The Morgan fingerprint density at radius 3 is 2.75 bits per heavy atom. The van der Waals surface area contributed by atoms with Crippen LogP contribution in [0.1, 0.15) is 10.4 Å². The summed E-state index contributed by atoms with van der Waals surface area (Å²) in [5, 5.41) is 9.26. The Morgan fingerprint density at radius 1 is 1.58 bits per heavy atom. The van der Waals surface area contributed by atoms with Crippen molar-refractivity contribution in [1.82, 2.24) is 0 Å². The van der Waals surface area contributed by atoms with Crippen molar-refractivity contribution in [2.45, 2.75) is 6.82 Å². The summed E-state index contributed by atoms with van der Waals surface area (Å²) in [5.41, 5.74) is 6.93. The Morgan fingerprint density at radius 2 is 2.25 bits per heavy atom. The molecule has 0 spiro atoms. The van der Waals surface area contributed by atoms with Gasteiger partial charge in [0.2, 0.25) is 0 Å². The minimum absolute atomic E-state index is 0.123. The van der Waals surface area contributed by atoms with E-state index in [9.17, 15) is 9.90 Å². The molecule has 0 atom stereocenters. The molecule has 0 fully saturated rings. The van der Waals surface area contributed by atoms with E-state index in [2.05, 4.69) is 0 Å². The molecular weight excluding hydrogens is 153 g/mol. The molecule has 3 N–H and O–H groups in total. The maximum absolute atomic E-state index is 10.4. The van der Waals surface area contributed by atoms with Gasteiger partial charge in [0.15, 0.2) is 13.6 Å². The summed E-state index contributed by atoms with van der Waals surface area (Å²) >= 11 is 0. The maximum Gasteiger partial charge on any atom is 0.154 e. The van der Waals surface area contributed by atoms with Crippen molar-refractivity contribution in [3.63, 3.8) is 0 Å². The molecule has 0 bridgehead atoms. The monoisotopic (exact) mass is 163 g/mol. The molecule has 12 heavy (non-hydrogen) atoms. The van der Waals surface area contributed by atoms with Gasteiger partial charge in [0.1, 0.15) is 5.75 Å². The van der Waals surface area contributed by atoms with Crippen molar-refractivity contribution in [2.24, 2.45) is 0 Å². The third kappa shape index (κ3) is 1.42. The van der Waals surface area contributed by atoms with Crippen LogP contribution < -0.4 is 11.2 Å². The van der Waals surface area contributed by atoms with Crippen LogP contribution in [-0.2, 0) is 0 Å². The number of phenolic OH excluding ortho intramolecular Hbond substituents is 1. The minimum Gasteiger partial charge on any atom is -0.505 e. The number of aldehydes is 1. The molecule has 0 aliphatic carbocycles. The van der Waals surface area contributed by atoms with Gasteiger partial charge >= 0.3 is 0 Å². The number of nitrogens with two attached hydrogens (primary N) is 1. The van der Waals surface area contributed by atoms with E-state index in [1.165, 1.54) is 0 Å². The van der Waals surface area contributed by atoms with Gasteiger partial charge in [-0.2, -0.15) is 0 Å². The number of carbonyl (C=O) groups excluding carboxylic acids is 1. The number of benzene rings is 1. The van der Waals surface area contributed by atoms with E-state index < -0.39 is 0 Å². The predicted octanol–water partition coefficient (Wildman–Crippen LogP) is -0.103. The second kappa shape index (κ2) is 3.30. The number of phenols is 1. The van der Waals surface area contributed by atoms with Crippen LogP contribution in [0.25, 0.3) is 0 Å².